The third kappa shape index (κ3) is 4.58. The molecule has 1 unspecified atom stereocenters. The zero-order valence-electron chi connectivity index (χ0n) is 13.5. The fourth-order valence-corrected chi connectivity index (χ4v) is 3.05. The molecule has 0 saturated carbocycles. The first-order valence-electron chi connectivity index (χ1n) is 7.81. The maximum absolute atomic E-state index is 5.81. The van der Waals surface area contributed by atoms with Crippen LogP contribution in [0.2, 0.25) is 0 Å². The number of rotatable bonds is 9. The highest BCUT2D eigenvalue weighted by atomic mass is 15.3. The van der Waals surface area contributed by atoms with Gasteiger partial charge >= 0.3 is 0 Å². The van der Waals surface area contributed by atoms with Crippen molar-refractivity contribution >= 4 is 0 Å². The van der Waals surface area contributed by atoms with Crippen LogP contribution >= 0.6 is 0 Å². The van der Waals surface area contributed by atoms with Gasteiger partial charge < -0.3 is 0 Å². The summed E-state index contributed by atoms with van der Waals surface area (Å²) in [6, 6.07) is 11.0. The minimum absolute atomic E-state index is 0.0783. The highest BCUT2D eigenvalue weighted by Gasteiger charge is 2.32. The standard InChI is InChI=1S/C17H31N3/c1-5-20(6-2)17(3,4)16(19-18)14-10-13-15-11-8-7-9-12-15/h7-9,11-12,16,19H,5-6,10,13-14,18H2,1-4H3. The highest BCUT2D eigenvalue weighted by molar-refractivity contribution is 5.14. The molecule has 1 rings (SSSR count). The van der Waals surface area contributed by atoms with Crippen LogP contribution in [0.5, 0.6) is 0 Å². The van der Waals surface area contributed by atoms with Crippen molar-refractivity contribution in [1.82, 2.24) is 10.3 Å². The predicted octanol–water partition coefficient (Wildman–Crippen LogP) is 2.96. The fourth-order valence-electron chi connectivity index (χ4n) is 3.05. The summed E-state index contributed by atoms with van der Waals surface area (Å²) in [5, 5.41) is 0. The van der Waals surface area contributed by atoms with Crippen LogP contribution in [-0.4, -0.2) is 29.6 Å². The van der Waals surface area contributed by atoms with Crippen molar-refractivity contribution in [2.45, 2.75) is 58.5 Å². The number of benzene rings is 1. The molecule has 3 N–H and O–H groups in total. The molecular formula is C17H31N3. The number of nitrogens with two attached hydrogens (primary N) is 1. The smallest absolute Gasteiger partial charge is 0.0389 e. The second kappa shape index (κ2) is 8.40. The second-order valence-corrected chi connectivity index (χ2v) is 5.92. The van der Waals surface area contributed by atoms with Crippen LogP contribution in [0.15, 0.2) is 30.3 Å². The Balaban J connectivity index is 2.54. The first-order valence-corrected chi connectivity index (χ1v) is 7.81. The molecule has 0 amide bonds. The van der Waals surface area contributed by atoms with Crippen LogP contribution in [0, 0.1) is 0 Å². The summed E-state index contributed by atoms with van der Waals surface area (Å²) < 4.78 is 0. The molecule has 0 heterocycles. The SMILES string of the molecule is CCN(CC)C(C)(C)C(CCCc1ccccc1)NN. The van der Waals surface area contributed by atoms with Crippen LogP contribution < -0.4 is 11.3 Å². The summed E-state index contributed by atoms with van der Waals surface area (Å²) in [5.41, 5.74) is 4.52. The molecule has 114 valence electrons. The number of hydrazine groups is 1. The monoisotopic (exact) mass is 277 g/mol. The van der Waals surface area contributed by atoms with Gasteiger partial charge in [-0.05, 0) is 51.8 Å². The Morgan fingerprint density at radius 3 is 2.25 bits per heavy atom. The van der Waals surface area contributed by atoms with Crippen LogP contribution in [0.4, 0.5) is 0 Å². The van der Waals surface area contributed by atoms with Crippen LogP contribution in [-0.2, 0) is 6.42 Å². The first-order chi connectivity index (χ1) is 9.56. The van der Waals surface area contributed by atoms with E-state index in [4.69, 9.17) is 5.84 Å². The topological polar surface area (TPSA) is 41.3 Å². The van der Waals surface area contributed by atoms with Crippen molar-refractivity contribution in [3.8, 4) is 0 Å². The molecule has 0 aromatic heterocycles. The molecule has 0 aliphatic rings. The lowest BCUT2D eigenvalue weighted by molar-refractivity contribution is 0.0867. The lowest BCUT2D eigenvalue weighted by Gasteiger charge is -2.43. The van der Waals surface area contributed by atoms with Gasteiger partial charge in [-0.1, -0.05) is 44.2 Å². The molecule has 0 spiro atoms. The zero-order valence-corrected chi connectivity index (χ0v) is 13.5. The van der Waals surface area contributed by atoms with Gasteiger partial charge in [-0.15, -0.1) is 0 Å². The molecule has 0 radical (unpaired) electrons. The molecule has 3 heteroatoms. The van der Waals surface area contributed by atoms with Gasteiger partial charge in [0.05, 0.1) is 0 Å². The minimum Gasteiger partial charge on any atom is -0.297 e. The van der Waals surface area contributed by atoms with Gasteiger partial charge in [-0.2, -0.15) is 0 Å². The molecule has 0 saturated heterocycles. The molecule has 0 aliphatic heterocycles. The van der Waals surface area contributed by atoms with Crippen LogP contribution in [0.25, 0.3) is 0 Å². The van der Waals surface area contributed by atoms with E-state index in [1.807, 2.05) is 0 Å². The van der Waals surface area contributed by atoms with Crippen molar-refractivity contribution in [2.24, 2.45) is 5.84 Å². The van der Waals surface area contributed by atoms with Gasteiger partial charge in [0.1, 0.15) is 0 Å². The van der Waals surface area contributed by atoms with Crippen LogP contribution in [0.1, 0.15) is 46.1 Å². The zero-order chi connectivity index (χ0) is 15.0. The van der Waals surface area contributed by atoms with E-state index in [1.54, 1.807) is 0 Å². The summed E-state index contributed by atoms with van der Waals surface area (Å²) in [7, 11) is 0. The van der Waals surface area contributed by atoms with Gasteiger partial charge in [0.15, 0.2) is 0 Å². The first kappa shape index (κ1) is 17.2. The molecule has 1 atom stereocenters. The van der Waals surface area contributed by atoms with Gasteiger partial charge in [0.2, 0.25) is 0 Å². The van der Waals surface area contributed by atoms with Crippen molar-refractivity contribution in [3.63, 3.8) is 0 Å². The fraction of sp³-hybridized carbons (Fsp3) is 0.647. The minimum atomic E-state index is 0.0783. The highest BCUT2D eigenvalue weighted by Crippen LogP contribution is 2.22. The summed E-state index contributed by atoms with van der Waals surface area (Å²) in [4.78, 5) is 2.47. The van der Waals surface area contributed by atoms with E-state index in [1.165, 1.54) is 5.56 Å². The molecule has 3 nitrogen and oxygen atoms in total. The summed E-state index contributed by atoms with van der Waals surface area (Å²) in [6.07, 6.45) is 3.37. The number of likely N-dealkylation sites (N-methyl/N-ethyl adjacent to an activating group) is 1. The van der Waals surface area contributed by atoms with E-state index < -0.39 is 0 Å². The van der Waals surface area contributed by atoms with Gasteiger partial charge in [0, 0.05) is 11.6 Å². The second-order valence-electron chi connectivity index (χ2n) is 5.92. The van der Waals surface area contributed by atoms with E-state index in [-0.39, 0.29) is 5.54 Å². The molecule has 1 aromatic rings. The Bertz CT molecular complexity index is 358. The van der Waals surface area contributed by atoms with E-state index in [9.17, 15) is 0 Å². The normalized spacial score (nSPS) is 13.7. The van der Waals surface area contributed by atoms with Crippen molar-refractivity contribution in [1.29, 1.82) is 0 Å². The molecular weight excluding hydrogens is 246 g/mol. The summed E-state index contributed by atoms with van der Waals surface area (Å²) in [6.45, 7) is 11.1. The number of aryl methyl sites for hydroxylation is 1. The Hall–Kier alpha value is -0.900. The molecule has 1 aromatic carbocycles. The lowest BCUT2D eigenvalue weighted by atomic mass is 9.88. The van der Waals surface area contributed by atoms with E-state index in [0.29, 0.717) is 6.04 Å². The van der Waals surface area contributed by atoms with E-state index in [2.05, 4.69) is 68.4 Å². The Labute approximate surface area is 124 Å². The molecule has 20 heavy (non-hydrogen) atoms. The van der Waals surface area contributed by atoms with E-state index in [0.717, 1.165) is 32.4 Å². The Morgan fingerprint density at radius 1 is 1.15 bits per heavy atom. The van der Waals surface area contributed by atoms with E-state index >= 15 is 0 Å². The average Bonchev–Trinajstić information content (AvgIpc) is 2.45. The average molecular weight is 277 g/mol. The van der Waals surface area contributed by atoms with Gasteiger partial charge in [-0.3, -0.25) is 16.2 Å². The van der Waals surface area contributed by atoms with Crippen molar-refractivity contribution in [2.75, 3.05) is 13.1 Å². The van der Waals surface area contributed by atoms with Gasteiger partial charge in [-0.25, -0.2) is 0 Å². The molecule has 0 aliphatic carbocycles. The number of hydrogen-bond acceptors (Lipinski definition) is 3. The van der Waals surface area contributed by atoms with Crippen molar-refractivity contribution < 1.29 is 0 Å². The maximum Gasteiger partial charge on any atom is 0.0389 e. The summed E-state index contributed by atoms with van der Waals surface area (Å²) >= 11 is 0. The number of hydrogen-bond donors (Lipinski definition) is 2. The Morgan fingerprint density at radius 2 is 1.75 bits per heavy atom. The third-order valence-corrected chi connectivity index (χ3v) is 4.43. The molecule has 0 fully saturated rings. The quantitative estimate of drug-likeness (QED) is 0.538. The maximum atomic E-state index is 5.81. The lowest BCUT2D eigenvalue weighted by Crippen LogP contribution is -2.59. The Kier molecular flexibility index (Phi) is 7.20. The molecule has 0 bridgehead atoms. The summed E-state index contributed by atoms with van der Waals surface area (Å²) in [5.74, 6) is 5.81. The van der Waals surface area contributed by atoms with Crippen LogP contribution in [0.3, 0.4) is 0 Å². The largest absolute Gasteiger partial charge is 0.297 e. The van der Waals surface area contributed by atoms with Gasteiger partial charge in [0.25, 0.3) is 0 Å². The third-order valence-electron chi connectivity index (χ3n) is 4.43. The van der Waals surface area contributed by atoms with Crippen molar-refractivity contribution in [3.05, 3.63) is 35.9 Å². The number of nitrogens with zero attached hydrogens (tertiary/aromatic N) is 1. The number of nitrogens with one attached hydrogen (secondary N) is 1. The predicted molar refractivity (Wildman–Crippen MR) is 87.5 cm³/mol.